The van der Waals surface area contributed by atoms with E-state index in [4.69, 9.17) is 25.8 Å². The van der Waals surface area contributed by atoms with Gasteiger partial charge in [0.15, 0.2) is 11.9 Å². The summed E-state index contributed by atoms with van der Waals surface area (Å²) in [5, 5.41) is 9.23. The quantitative estimate of drug-likeness (QED) is 0.374. The molecule has 2 atom stereocenters. The van der Waals surface area contributed by atoms with E-state index in [1.54, 1.807) is 24.3 Å². The molecule has 1 heterocycles. The Balaban J connectivity index is 1.67. The molecule has 6 nitrogen and oxygen atoms in total. The first kappa shape index (κ1) is 24.9. The van der Waals surface area contributed by atoms with Gasteiger partial charge in [0.05, 0.1) is 18.7 Å². The minimum Gasteiger partial charge on any atom is -0.497 e. The number of carbonyl (C=O) groups is 1. The average molecular weight is 491 g/mol. The lowest BCUT2D eigenvalue weighted by Crippen LogP contribution is -2.28. The molecule has 2 unspecified atom stereocenters. The number of ether oxygens (including phenoxy) is 3. The highest BCUT2D eigenvalue weighted by atomic mass is 35.5. The maximum absolute atomic E-state index is 12.8. The molecule has 0 aliphatic carbocycles. The molecule has 0 spiro atoms. The lowest BCUT2D eigenvalue weighted by atomic mass is 9.93. The number of nitriles is 1. The Bertz CT molecular complexity index is 1210. The van der Waals surface area contributed by atoms with E-state index >= 15 is 0 Å². The Morgan fingerprint density at radius 2 is 1.76 bits per heavy atom. The van der Waals surface area contributed by atoms with Crippen molar-refractivity contribution >= 4 is 17.4 Å². The first-order valence-electron chi connectivity index (χ1n) is 9.87. The van der Waals surface area contributed by atoms with Crippen molar-refractivity contribution in [2.75, 3.05) is 7.11 Å². The molecule has 34 heavy (non-hydrogen) atoms. The normalized spacial score (nSPS) is 12.9. The summed E-state index contributed by atoms with van der Waals surface area (Å²) >= 11 is 5.85. The summed E-state index contributed by atoms with van der Waals surface area (Å²) in [5.74, 6) is -0.578. The van der Waals surface area contributed by atoms with Gasteiger partial charge in [-0.25, -0.2) is 4.98 Å². The third-order valence-electron chi connectivity index (χ3n) is 4.73. The van der Waals surface area contributed by atoms with E-state index in [1.807, 2.05) is 6.07 Å². The molecule has 2 aromatic carbocycles. The third-order valence-corrected chi connectivity index (χ3v) is 5.00. The van der Waals surface area contributed by atoms with Crippen LogP contribution in [0.2, 0.25) is 5.02 Å². The summed E-state index contributed by atoms with van der Waals surface area (Å²) in [6.07, 6.45) is -4.88. The van der Waals surface area contributed by atoms with Crippen LogP contribution in [0.25, 0.3) is 0 Å². The number of hydrogen-bond acceptors (Lipinski definition) is 6. The van der Waals surface area contributed by atoms with E-state index in [0.717, 1.165) is 6.07 Å². The van der Waals surface area contributed by atoms with Crippen molar-refractivity contribution in [1.82, 2.24) is 4.98 Å². The van der Waals surface area contributed by atoms with Crippen molar-refractivity contribution in [1.29, 1.82) is 5.26 Å². The van der Waals surface area contributed by atoms with E-state index in [-0.39, 0.29) is 16.7 Å². The predicted octanol–water partition coefficient (Wildman–Crippen LogP) is 6.20. The van der Waals surface area contributed by atoms with Crippen molar-refractivity contribution in [2.45, 2.75) is 25.1 Å². The molecule has 0 saturated carbocycles. The predicted molar refractivity (Wildman–Crippen MR) is 117 cm³/mol. The first-order chi connectivity index (χ1) is 16.1. The molecule has 0 amide bonds. The van der Waals surface area contributed by atoms with Gasteiger partial charge in [-0.3, -0.25) is 4.79 Å². The van der Waals surface area contributed by atoms with E-state index in [2.05, 4.69) is 4.98 Å². The summed E-state index contributed by atoms with van der Waals surface area (Å²) < 4.78 is 54.4. The van der Waals surface area contributed by atoms with Gasteiger partial charge in [-0.1, -0.05) is 23.7 Å². The molecule has 3 aromatic rings. The molecule has 0 aliphatic heterocycles. The third kappa shape index (κ3) is 5.97. The molecule has 0 aliphatic rings. The van der Waals surface area contributed by atoms with Gasteiger partial charge < -0.3 is 14.2 Å². The highest BCUT2D eigenvalue weighted by Gasteiger charge is 2.32. The van der Waals surface area contributed by atoms with Crippen LogP contribution in [0.15, 0.2) is 60.8 Å². The minimum absolute atomic E-state index is 0.193. The van der Waals surface area contributed by atoms with Gasteiger partial charge in [0, 0.05) is 6.20 Å². The number of pyridine rings is 1. The second kappa shape index (κ2) is 10.4. The maximum atomic E-state index is 12.8. The molecular weight excluding hydrogens is 473 g/mol. The van der Waals surface area contributed by atoms with Crippen LogP contribution in [-0.4, -0.2) is 24.0 Å². The van der Waals surface area contributed by atoms with Gasteiger partial charge >= 0.3 is 6.18 Å². The van der Waals surface area contributed by atoms with E-state index in [9.17, 15) is 23.2 Å². The van der Waals surface area contributed by atoms with Gasteiger partial charge in [-0.05, 0) is 55.0 Å². The molecule has 0 bridgehead atoms. The minimum atomic E-state index is -4.57. The van der Waals surface area contributed by atoms with Gasteiger partial charge in [0.2, 0.25) is 5.88 Å². The van der Waals surface area contributed by atoms with Crippen LogP contribution >= 0.6 is 11.6 Å². The van der Waals surface area contributed by atoms with Crippen LogP contribution in [0.1, 0.15) is 24.0 Å². The lowest BCUT2D eigenvalue weighted by Gasteiger charge is -2.17. The summed E-state index contributed by atoms with van der Waals surface area (Å²) in [6.45, 7) is 1.53. The van der Waals surface area contributed by atoms with Crippen LogP contribution < -0.4 is 14.2 Å². The number of rotatable bonds is 8. The van der Waals surface area contributed by atoms with Crippen LogP contribution in [0, 0.1) is 11.3 Å². The van der Waals surface area contributed by atoms with Crippen molar-refractivity contribution in [3.63, 3.8) is 0 Å². The Hall–Kier alpha value is -3.77. The number of carbonyl (C=O) groups excluding carboxylic acids is 1. The standard InChI is InChI=1S/C24H18ClF3N2O4/c1-14(22(31)20(12-29)15-4-3-5-19(10-15)32-2)33-17-6-8-18(9-7-17)34-23-21(25)11-16(13-30-23)24(26,27)28/h3-11,13-14,20H,1-2H3. The van der Waals surface area contributed by atoms with E-state index in [0.29, 0.717) is 23.3 Å². The number of aromatic nitrogens is 1. The molecule has 1 aromatic heterocycles. The van der Waals surface area contributed by atoms with Gasteiger partial charge in [0.25, 0.3) is 0 Å². The zero-order valence-corrected chi connectivity index (χ0v) is 18.7. The van der Waals surface area contributed by atoms with Crippen molar-refractivity contribution in [3.8, 4) is 29.2 Å². The number of hydrogen-bond donors (Lipinski definition) is 0. The fourth-order valence-corrected chi connectivity index (χ4v) is 3.18. The maximum Gasteiger partial charge on any atom is 0.417 e. The van der Waals surface area contributed by atoms with Crippen LogP contribution in [-0.2, 0) is 11.0 Å². The molecule has 0 radical (unpaired) electrons. The van der Waals surface area contributed by atoms with Crippen LogP contribution in [0.5, 0.6) is 23.1 Å². The van der Waals surface area contributed by atoms with Crippen molar-refractivity contribution < 1.29 is 32.2 Å². The number of benzene rings is 2. The molecule has 176 valence electrons. The molecule has 3 rings (SSSR count). The summed E-state index contributed by atoms with van der Waals surface area (Å²) in [6, 6.07) is 15.4. The lowest BCUT2D eigenvalue weighted by molar-refractivity contribution is -0.137. The second-order valence-corrected chi connectivity index (χ2v) is 7.49. The first-order valence-corrected chi connectivity index (χ1v) is 10.2. The summed E-state index contributed by atoms with van der Waals surface area (Å²) in [4.78, 5) is 16.4. The van der Waals surface area contributed by atoms with E-state index in [1.165, 1.54) is 38.3 Å². The van der Waals surface area contributed by atoms with E-state index < -0.39 is 29.5 Å². The Morgan fingerprint density at radius 1 is 1.09 bits per heavy atom. The monoisotopic (exact) mass is 490 g/mol. The van der Waals surface area contributed by atoms with Gasteiger partial charge in [-0.2, -0.15) is 18.4 Å². The fourth-order valence-electron chi connectivity index (χ4n) is 2.97. The van der Waals surface area contributed by atoms with Gasteiger partial charge in [-0.15, -0.1) is 0 Å². The number of ketones is 1. The Morgan fingerprint density at radius 3 is 2.35 bits per heavy atom. The van der Waals surface area contributed by atoms with Crippen LogP contribution in [0.4, 0.5) is 13.2 Å². The molecule has 0 saturated heterocycles. The second-order valence-electron chi connectivity index (χ2n) is 7.08. The molecule has 0 fully saturated rings. The SMILES string of the molecule is COc1cccc(C(C#N)C(=O)C(C)Oc2ccc(Oc3ncc(C(F)(F)F)cc3Cl)cc2)c1. The van der Waals surface area contributed by atoms with Crippen LogP contribution in [0.3, 0.4) is 0 Å². The number of halogens is 4. The van der Waals surface area contributed by atoms with Gasteiger partial charge in [0.1, 0.15) is 28.2 Å². The van der Waals surface area contributed by atoms with Crippen molar-refractivity contribution in [2.24, 2.45) is 0 Å². The summed E-state index contributed by atoms with van der Waals surface area (Å²) in [7, 11) is 1.49. The Kier molecular flexibility index (Phi) is 7.64. The Labute approximate surface area is 198 Å². The summed E-state index contributed by atoms with van der Waals surface area (Å²) in [5.41, 5.74) is -0.496. The zero-order valence-electron chi connectivity index (χ0n) is 18.0. The molecular formula is C24H18ClF3N2O4. The smallest absolute Gasteiger partial charge is 0.417 e. The average Bonchev–Trinajstić information content (AvgIpc) is 2.81. The number of Topliss-reactive ketones (excluding diaryl/α,β-unsaturated/α-hetero) is 1. The highest BCUT2D eigenvalue weighted by Crippen LogP contribution is 2.35. The highest BCUT2D eigenvalue weighted by molar-refractivity contribution is 6.31. The number of nitrogens with zero attached hydrogens (tertiary/aromatic N) is 2. The number of methoxy groups -OCH3 is 1. The largest absolute Gasteiger partial charge is 0.497 e. The molecule has 10 heteroatoms. The number of alkyl halides is 3. The zero-order chi connectivity index (χ0) is 24.9. The topological polar surface area (TPSA) is 81.4 Å². The fraction of sp³-hybridized carbons (Fsp3) is 0.208. The molecule has 0 N–H and O–H groups in total. The van der Waals surface area contributed by atoms with Crippen molar-refractivity contribution in [3.05, 3.63) is 76.9 Å².